The van der Waals surface area contributed by atoms with Gasteiger partial charge in [0.1, 0.15) is 5.82 Å². The summed E-state index contributed by atoms with van der Waals surface area (Å²) < 4.78 is 16.1. The number of hydrogen-bond donors (Lipinski definition) is 2. The highest BCUT2D eigenvalue weighted by Gasteiger charge is 2.41. The van der Waals surface area contributed by atoms with Gasteiger partial charge in [-0.15, -0.1) is 0 Å². The van der Waals surface area contributed by atoms with Crippen molar-refractivity contribution in [3.05, 3.63) is 113 Å². The van der Waals surface area contributed by atoms with Crippen LogP contribution in [0.5, 0.6) is 0 Å². The lowest BCUT2D eigenvalue weighted by molar-refractivity contribution is -0.116. The first-order valence-corrected chi connectivity index (χ1v) is 13.0. The first kappa shape index (κ1) is 25.6. The van der Waals surface area contributed by atoms with E-state index >= 15 is 0 Å². The topological polar surface area (TPSA) is 62.2 Å². The van der Waals surface area contributed by atoms with Crippen molar-refractivity contribution < 1.29 is 9.18 Å². The minimum atomic E-state index is -0.284. The molecule has 8 heteroatoms. The van der Waals surface area contributed by atoms with Crippen molar-refractivity contribution in [2.24, 2.45) is 0 Å². The number of aryl methyl sites for hydroxylation is 2. The van der Waals surface area contributed by atoms with E-state index in [1.54, 1.807) is 12.3 Å². The number of nitrogens with one attached hydrogen (secondary N) is 2. The van der Waals surface area contributed by atoms with E-state index in [4.69, 9.17) is 12.2 Å². The lowest BCUT2D eigenvalue weighted by atomic mass is 9.96. The van der Waals surface area contributed by atoms with Crippen molar-refractivity contribution in [3.8, 4) is 5.69 Å². The third-order valence-electron chi connectivity index (χ3n) is 6.93. The van der Waals surface area contributed by atoms with Gasteiger partial charge in [0.25, 0.3) is 0 Å². The number of halogens is 1. The van der Waals surface area contributed by atoms with E-state index in [0.29, 0.717) is 11.7 Å². The molecule has 1 saturated heterocycles. The molecule has 0 bridgehead atoms. The third kappa shape index (κ3) is 5.17. The normalized spacial score (nSPS) is 16.9. The molecule has 0 saturated carbocycles. The lowest BCUT2D eigenvalue weighted by Crippen LogP contribution is -2.32. The SMILES string of the molecule is Cc1cccc(NC(=O)CCN2C(=S)N[C@@H](c3ccccn3)[C@@H]2c2cc(C)n(-c3cccc(F)c3)c2C)c1. The summed E-state index contributed by atoms with van der Waals surface area (Å²) in [6.07, 6.45) is 2.04. The Kier molecular flexibility index (Phi) is 7.24. The van der Waals surface area contributed by atoms with Gasteiger partial charge in [-0.3, -0.25) is 9.78 Å². The molecule has 2 aromatic heterocycles. The maximum absolute atomic E-state index is 14.1. The van der Waals surface area contributed by atoms with Crippen LogP contribution in [0.4, 0.5) is 10.1 Å². The molecule has 6 nitrogen and oxygen atoms in total. The Morgan fingerprint density at radius 2 is 1.87 bits per heavy atom. The standard InChI is InChI=1S/C30H30FN5OS/c1-19-8-6-10-23(16-19)33-27(37)13-15-35-29(28(34-30(35)38)26-12-4-5-14-32-26)25-17-20(2)36(21(25)3)24-11-7-9-22(31)18-24/h4-12,14,16-18,28-29H,13,15H2,1-3H3,(H,33,37)(H,34,38)/t28-,29-/m0/s1. The van der Waals surface area contributed by atoms with Gasteiger partial charge in [0, 0.05) is 41.9 Å². The highest BCUT2D eigenvalue weighted by molar-refractivity contribution is 7.80. The number of amides is 1. The van der Waals surface area contributed by atoms with Crippen LogP contribution in [-0.4, -0.2) is 32.0 Å². The average Bonchev–Trinajstić information content (AvgIpc) is 3.37. The van der Waals surface area contributed by atoms with Crippen LogP contribution in [0.2, 0.25) is 0 Å². The first-order chi connectivity index (χ1) is 18.3. The smallest absolute Gasteiger partial charge is 0.226 e. The van der Waals surface area contributed by atoms with Gasteiger partial charge in [0.15, 0.2) is 5.11 Å². The van der Waals surface area contributed by atoms with Gasteiger partial charge in [-0.05, 0) is 92.6 Å². The Bertz CT molecular complexity index is 1490. The molecule has 0 spiro atoms. The summed E-state index contributed by atoms with van der Waals surface area (Å²) in [5, 5.41) is 7.01. The quantitative estimate of drug-likeness (QED) is 0.292. The van der Waals surface area contributed by atoms with Crippen LogP contribution < -0.4 is 10.6 Å². The van der Waals surface area contributed by atoms with E-state index in [-0.39, 0.29) is 30.2 Å². The van der Waals surface area contributed by atoms with Crippen molar-refractivity contribution in [1.82, 2.24) is 19.8 Å². The summed E-state index contributed by atoms with van der Waals surface area (Å²) in [6.45, 7) is 6.47. The Balaban J connectivity index is 1.47. The Labute approximate surface area is 227 Å². The number of thiocarbonyl (C=S) groups is 1. The van der Waals surface area contributed by atoms with Gasteiger partial charge < -0.3 is 20.1 Å². The minimum absolute atomic E-state index is 0.0799. The molecule has 2 N–H and O–H groups in total. The Morgan fingerprint density at radius 3 is 2.61 bits per heavy atom. The zero-order valence-corrected chi connectivity index (χ0v) is 22.4. The summed E-state index contributed by atoms with van der Waals surface area (Å²) in [6, 6.07) is 21.9. The number of pyridine rings is 1. The fourth-order valence-corrected chi connectivity index (χ4v) is 5.58. The second-order valence-electron chi connectivity index (χ2n) is 9.63. The largest absolute Gasteiger partial charge is 0.352 e. The predicted octanol–water partition coefficient (Wildman–Crippen LogP) is 5.94. The van der Waals surface area contributed by atoms with Crippen molar-refractivity contribution in [2.45, 2.75) is 39.3 Å². The van der Waals surface area contributed by atoms with E-state index < -0.39 is 0 Å². The number of aromatic nitrogens is 2. The van der Waals surface area contributed by atoms with Crippen molar-refractivity contribution >= 4 is 28.9 Å². The summed E-state index contributed by atoms with van der Waals surface area (Å²) in [4.78, 5) is 19.6. The maximum Gasteiger partial charge on any atom is 0.226 e. The predicted molar refractivity (Wildman–Crippen MR) is 152 cm³/mol. The summed E-state index contributed by atoms with van der Waals surface area (Å²) >= 11 is 5.79. The Hall–Kier alpha value is -4.04. The molecule has 2 atom stereocenters. The third-order valence-corrected chi connectivity index (χ3v) is 7.29. The van der Waals surface area contributed by atoms with E-state index in [9.17, 15) is 9.18 Å². The van der Waals surface area contributed by atoms with Crippen molar-refractivity contribution in [1.29, 1.82) is 0 Å². The average molecular weight is 528 g/mol. The van der Waals surface area contributed by atoms with E-state index in [0.717, 1.165) is 39.6 Å². The number of rotatable bonds is 7. The molecule has 1 aliphatic rings. The van der Waals surface area contributed by atoms with E-state index in [1.807, 2.05) is 69.3 Å². The molecular weight excluding hydrogens is 497 g/mol. The van der Waals surface area contributed by atoms with Gasteiger partial charge in [0.05, 0.1) is 17.8 Å². The lowest BCUT2D eigenvalue weighted by Gasteiger charge is -2.28. The highest BCUT2D eigenvalue weighted by atomic mass is 32.1. The van der Waals surface area contributed by atoms with Crippen LogP contribution in [0.25, 0.3) is 5.69 Å². The van der Waals surface area contributed by atoms with Crippen LogP contribution in [-0.2, 0) is 4.79 Å². The van der Waals surface area contributed by atoms with Gasteiger partial charge >= 0.3 is 0 Å². The molecule has 2 aromatic carbocycles. The van der Waals surface area contributed by atoms with Crippen LogP contribution in [0.3, 0.4) is 0 Å². The van der Waals surface area contributed by atoms with Crippen LogP contribution >= 0.6 is 12.2 Å². The molecular formula is C30H30FN5OS. The number of anilines is 1. The number of nitrogens with zero attached hydrogens (tertiary/aromatic N) is 3. The molecule has 0 aliphatic carbocycles. The van der Waals surface area contributed by atoms with Crippen LogP contribution in [0.1, 0.15) is 46.7 Å². The summed E-state index contributed by atoms with van der Waals surface area (Å²) in [7, 11) is 0. The van der Waals surface area contributed by atoms with E-state index in [1.165, 1.54) is 12.1 Å². The van der Waals surface area contributed by atoms with Gasteiger partial charge in [-0.1, -0.05) is 24.3 Å². The van der Waals surface area contributed by atoms with Gasteiger partial charge in [-0.2, -0.15) is 0 Å². The number of hydrogen-bond acceptors (Lipinski definition) is 3. The van der Waals surface area contributed by atoms with Crippen LogP contribution in [0.15, 0.2) is 79.0 Å². The molecule has 38 heavy (non-hydrogen) atoms. The maximum atomic E-state index is 14.1. The molecule has 0 radical (unpaired) electrons. The zero-order valence-electron chi connectivity index (χ0n) is 21.6. The molecule has 1 aliphatic heterocycles. The fraction of sp³-hybridized carbons (Fsp3) is 0.233. The van der Waals surface area contributed by atoms with Crippen LogP contribution in [0, 0.1) is 26.6 Å². The van der Waals surface area contributed by atoms with Gasteiger partial charge in [0.2, 0.25) is 5.91 Å². The Morgan fingerprint density at radius 1 is 1.05 bits per heavy atom. The summed E-state index contributed by atoms with van der Waals surface area (Å²) in [5.74, 6) is -0.364. The number of carbonyl (C=O) groups excluding carboxylic acids is 1. The van der Waals surface area contributed by atoms with Gasteiger partial charge in [-0.25, -0.2) is 4.39 Å². The zero-order chi connectivity index (χ0) is 26.8. The first-order valence-electron chi connectivity index (χ1n) is 12.6. The molecule has 5 rings (SSSR count). The second kappa shape index (κ2) is 10.8. The van der Waals surface area contributed by atoms with E-state index in [2.05, 4.69) is 31.2 Å². The fourth-order valence-electron chi connectivity index (χ4n) is 5.25. The molecule has 194 valence electrons. The number of benzene rings is 2. The van der Waals surface area contributed by atoms with Crippen molar-refractivity contribution in [3.63, 3.8) is 0 Å². The molecule has 4 aromatic rings. The van der Waals surface area contributed by atoms with Crippen molar-refractivity contribution in [2.75, 3.05) is 11.9 Å². The molecule has 3 heterocycles. The number of carbonyl (C=O) groups is 1. The second-order valence-corrected chi connectivity index (χ2v) is 10.0. The monoisotopic (exact) mass is 527 g/mol. The minimum Gasteiger partial charge on any atom is -0.352 e. The summed E-state index contributed by atoms with van der Waals surface area (Å²) in [5.41, 5.74) is 6.50. The molecule has 1 amide bonds. The molecule has 1 fully saturated rings. The molecule has 0 unspecified atom stereocenters. The highest BCUT2D eigenvalue weighted by Crippen LogP contribution is 2.41.